The summed E-state index contributed by atoms with van der Waals surface area (Å²) in [5.41, 5.74) is 9.92. The Morgan fingerprint density at radius 1 is 1.17 bits per heavy atom. The lowest BCUT2D eigenvalue weighted by Crippen LogP contribution is -2.11. The molecule has 0 aliphatic carbocycles. The average Bonchev–Trinajstić information content (AvgIpc) is 2.81. The number of nitrogen functional groups attached to an aromatic ring is 2. The molecule has 0 fully saturated rings. The van der Waals surface area contributed by atoms with Crippen molar-refractivity contribution >= 4 is 22.8 Å². The SMILES string of the molecule is NNc1cc(-n2cnc3ccccc32)nc(N)n1. The summed E-state index contributed by atoms with van der Waals surface area (Å²) in [6.07, 6.45) is 1.69. The molecular formula is C11H11N7. The van der Waals surface area contributed by atoms with Gasteiger partial charge in [0.15, 0.2) is 0 Å². The van der Waals surface area contributed by atoms with Gasteiger partial charge in [-0.1, -0.05) is 12.1 Å². The first-order valence-corrected chi connectivity index (χ1v) is 5.31. The predicted molar refractivity (Wildman–Crippen MR) is 68.9 cm³/mol. The fourth-order valence-corrected chi connectivity index (χ4v) is 1.79. The third-order valence-corrected chi connectivity index (χ3v) is 2.58. The molecule has 18 heavy (non-hydrogen) atoms. The van der Waals surface area contributed by atoms with E-state index in [9.17, 15) is 0 Å². The Kier molecular flexibility index (Phi) is 2.31. The van der Waals surface area contributed by atoms with Crippen LogP contribution < -0.4 is 17.0 Å². The minimum Gasteiger partial charge on any atom is -0.368 e. The van der Waals surface area contributed by atoms with E-state index in [2.05, 4.69) is 20.4 Å². The Hall–Kier alpha value is -2.67. The van der Waals surface area contributed by atoms with E-state index >= 15 is 0 Å². The molecule has 0 amide bonds. The van der Waals surface area contributed by atoms with Crippen LogP contribution in [-0.2, 0) is 0 Å². The van der Waals surface area contributed by atoms with Gasteiger partial charge in [0.05, 0.1) is 11.0 Å². The molecule has 90 valence electrons. The Labute approximate surface area is 102 Å². The van der Waals surface area contributed by atoms with Crippen LogP contribution in [-0.4, -0.2) is 19.5 Å². The highest BCUT2D eigenvalue weighted by Crippen LogP contribution is 2.18. The monoisotopic (exact) mass is 241 g/mol. The Balaban J connectivity index is 2.22. The normalized spacial score (nSPS) is 10.7. The third-order valence-electron chi connectivity index (χ3n) is 2.58. The maximum absolute atomic E-state index is 5.63. The maximum atomic E-state index is 5.63. The van der Waals surface area contributed by atoms with Crippen molar-refractivity contribution in [2.24, 2.45) is 5.84 Å². The summed E-state index contributed by atoms with van der Waals surface area (Å²) < 4.78 is 1.83. The molecule has 0 bridgehead atoms. The number of nitrogens with one attached hydrogen (secondary N) is 1. The maximum Gasteiger partial charge on any atom is 0.224 e. The molecule has 5 N–H and O–H groups in total. The summed E-state index contributed by atoms with van der Waals surface area (Å²) in [4.78, 5) is 12.4. The molecule has 0 radical (unpaired) electrons. The number of hydrogen-bond donors (Lipinski definition) is 3. The number of rotatable bonds is 2. The summed E-state index contributed by atoms with van der Waals surface area (Å²) in [6.45, 7) is 0. The summed E-state index contributed by atoms with van der Waals surface area (Å²) >= 11 is 0. The van der Waals surface area contributed by atoms with Crippen molar-refractivity contribution < 1.29 is 0 Å². The van der Waals surface area contributed by atoms with Crippen LogP contribution in [0.1, 0.15) is 0 Å². The topological polar surface area (TPSA) is 108 Å². The number of imidazole rings is 1. The smallest absolute Gasteiger partial charge is 0.224 e. The van der Waals surface area contributed by atoms with Gasteiger partial charge in [0.25, 0.3) is 0 Å². The number of fused-ring (bicyclic) bond motifs is 1. The Morgan fingerprint density at radius 3 is 2.83 bits per heavy atom. The first-order valence-electron chi connectivity index (χ1n) is 5.31. The van der Waals surface area contributed by atoms with Crippen molar-refractivity contribution in [3.05, 3.63) is 36.7 Å². The van der Waals surface area contributed by atoms with E-state index in [4.69, 9.17) is 11.6 Å². The quantitative estimate of drug-likeness (QED) is 0.450. The van der Waals surface area contributed by atoms with Gasteiger partial charge in [-0.3, -0.25) is 4.57 Å². The molecule has 2 aromatic heterocycles. The van der Waals surface area contributed by atoms with Gasteiger partial charge in [0.2, 0.25) is 5.95 Å². The second kappa shape index (κ2) is 3.97. The fraction of sp³-hybridized carbons (Fsp3) is 0. The zero-order valence-corrected chi connectivity index (χ0v) is 9.41. The van der Waals surface area contributed by atoms with Crippen LogP contribution in [0, 0.1) is 0 Å². The highest BCUT2D eigenvalue weighted by Gasteiger charge is 2.07. The highest BCUT2D eigenvalue weighted by atomic mass is 15.3. The second-order valence-corrected chi connectivity index (χ2v) is 3.72. The molecule has 7 heteroatoms. The van der Waals surface area contributed by atoms with E-state index in [1.807, 2.05) is 28.8 Å². The van der Waals surface area contributed by atoms with Gasteiger partial charge in [-0.2, -0.15) is 9.97 Å². The van der Waals surface area contributed by atoms with Crippen LogP contribution in [0.5, 0.6) is 0 Å². The van der Waals surface area contributed by atoms with E-state index in [-0.39, 0.29) is 5.95 Å². The van der Waals surface area contributed by atoms with Crippen molar-refractivity contribution in [2.75, 3.05) is 11.2 Å². The van der Waals surface area contributed by atoms with Gasteiger partial charge in [0, 0.05) is 6.07 Å². The minimum atomic E-state index is 0.151. The highest BCUT2D eigenvalue weighted by molar-refractivity contribution is 5.77. The van der Waals surface area contributed by atoms with E-state index in [0.717, 1.165) is 11.0 Å². The molecule has 0 saturated heterocycles. The van der Waals surface area contributed by atoms with Crippen LogP contribution in [0.15, 0.2) is 36.7 Å². The lowest BCUT2D eigenvalue weighted by Gasteiger charge is -2.06. The molecule has 2 heterocycles. The first-order chi connectivity index (χ1) is 8.78. The molecule has 3 rings (SSSR count). The molecule has 0 atom stereocenters. The number of para-hydroxylation sites is 2. The number of hydrogen-bond acceptors (Lipinski definition) is 6. The molecule has 0 aliphatic rings. The van der Waals surface area contributed by atoms with Crippen LogP contribution in [0.2, 0.25) is 0 Å². The van der Waals surface area contributed by atoms with E-state index in [1.165, 1.54) is 0 Å². The number of hydrazine groups is 1. The van der Waals surface area contributed by atoms with Crippen molar-refractivity contribution in [1.82, 2.24) is 19.5 Å². The fourth-order valence-electron chi connectivity index (χ4n) is 1.79. The van der Waals surface area contributed by atoms with Crippen LogP contribution >= 0.6 is 0 Å². The Bertz CT molecular complexity index is 703. The number of nitrogens with two attached hydrogens (primary N) is 2. The lowest BCUT2D eigenvalue weighted by atomic mass is 10.3. The zero-order valence-electron chi connectivity index (χ0n) is 9.41. The number of aromatic nitrogens is 4. The first kappa shape index (κ1) is 10.5. The lowest BCUT2D eigenvalue weighted by molar-refractivity contribution is 1.00. The predicted octanol–water partition coefficient (Wildman–Crippen LogP) is 0.683. The third kappa shape index (κ3) is 1.62. The molecule has 0 saturated carbocycles. The summed E-state index contributed by atoms with van der Waals surface area (Å²) in [5, 5.41) is 0. The molecule has 0 unspecified atom stereocenters. The van der Waals surface area contributed by atoms with Gasteiger partial charge in [-0.25, -0.2) is 10.8 Å². The molecule has 0 aliphatic heterocycles. The van der Waals surface area contributed by atoms with Gasteiger partial charge >= 0.3 is 0 Å². The van der Waals surface area contributed by atoms with E-state index < -0.39 is 0 Å². The van der Waals surface area contributed by atoms with Crippen molar-refractivity contribution in [2.45, 2.75) is 0 Å². The van der Waals surface area contributed by atoms with Crippen molar-refractivity contribution in [3.63, 3.8) is 0 Å². The minimum absolute atomic E-state index is 0.151. The van der Waals surface area contributed by atoms with Crippen LogP contribution in [0.3, 0.4) is 0 Å². The molecule has 1 aromatic carbocycles. The van der Waals surface area contributed by atoms with Gasteiger partial charge in [-0.15, -0.1) is 0 Å². The van der Waals surface area contributed by atoms with Gasteiger partial charge in [-0.05, 0) is 12.1 Å². The zero-order chi connectivity index (χ0) is 12.5. The standard InChI is InChI=1S/C11H11N7/c12-11-15-9(17-13)5-10(16-11)18-6-14-7-3-1-2-4-8(7)18/h1-6H,13H2,(H3,12,15,16,17). The van der Waals surface area contributed by atoms with Gasteiger partial charge < -0.3 is 11.2 Å². The summed E-state index contributed by atoms with van der Waals surface area (Å²) in [7, 11) is 0. The van der Waals surface area contributed by atoms with Crippen molar-refractivity contribution in [1.29, 1.82) is 0 Å². The van der Waals surface area contributed by atoms with E-state index in [0.29, 0.717) is 11.6 Å². The van der Waals surface area contributed by atoms with E-state index in [1.54, 1.807) is 12.4 Å². The molecule has 7 nitrogen and oxygen atoms in total. The molecular weight excluding hydrogens is 230 g/mol. The average molecular weight is 241 g/mol. The largest absolute Gasteiger partial charge is 0.368 e. The van der Waals surface area contributed by atoms with Crippen molar-refractivity contribution in [3.8, 4) is 5.82 Å². The van der Waals surface area contributed by atoms with Gasteiger partial charge in [0.1, 0.15) is 18.0 Å². The van der Waals surface area contributed by atoms with Crippen LogP contribution in [0.25, 0.3) is 16.9 Å². The summed E-state index contributed by atoms with van der Waals surface area (Å²) in [6, 6.07) is 9.45. The number of anilines is 2. The number of nitrogens with zero attached hydrogens (tertiary/aromatic N) is 4. The number of benzene rings is 1. The molecule has 0 spiro atoms. The molecule has 3 aromatic rings. The Morgan fingerprint density at radius 2 is 2.00 bits per heavy atom. The van der Waals surface area contributed by atoms with Crippen LogP contribution in [0.4, 0.5) is 11.8 Å². The summed E-state index contributed by atoms with van der Waals surface area (Å²) in [5.74, 6) is 6.55. The second-order valence-electron chi connectivity index (χ2n) is 3.72.